The summed E-state index contributed by atoms with van der Waals surface area (Å²) in [5, 5.41) is 113. The van der Waals surface area contributed by atoms with Gasteiger partial charge in [0.25, 0.3) is 0 Å². The van der Waals surface area contributed by atoms with Gasteiger partial charge in [0.15, 0.2) is 0 Å². The third kappa shape index (κ3) is 22.2. The van der Waals surface area contributed by atoms with Crippen LogP contribution in [0, 0.1) is 23.7 Å². The minimum atomic E-state index is -1.17. The number of nitrogens with zero attached hydrogens (tertiary/aromatic N) is 4. The van der Waals surface area contributed by atoms with Crippen molar-refractivity contribution in [3.8, 4) is 46.0 Å². The van der Waals surface area contributed by atoms with E-state index in [1.807, 2.05) is 204 Å². The number of carbonyl (C=O) groups excluding carboxylic acids is 4. The molecule has 0 saturated heterocycles. The van der Waals surface area contributed by atoms with Gasteiger partial charge in [-0.3, -0.25) is 19.6 Å². The lowest BCUT2D eigenvalue weighted by Gasteiger charge is -2.36. The van der Waals surface area contributed by atoms with Crippen molar-refractivity contribution in [1.82, 2.24) is 19.6 Å². The molecule has 0 radical (unpaired) electrons. The predicted octanol–water partition coefficient (Wildman–Crippen LogP) is 24.4. The highest BCUT2D eigenvalue weighted by Crippen LogP contribution is 2.58. The Morgan fingerprint density at radius 1 is 0.267 bits per heavy atom. The molecule has 8 aromatic rings. The van der Waals surface area contributed by atoms with Gasteiger partial charge in [-0.05, 0) is 207 Å². The van der Waals surface area contributed by atoms with Crippen LogP contribution in [0.15, 0.2) is 146 Å². The van der Waals surface area contributed by atoms with Gasteiger partial charge in [-0.15, -0.1) is 0 Å². The van der Waals surface area contributed by atoms with Crippen LogP contribution >= 0.6 is 0 Å². The molecule has 0 heterocycles. The largest absolute Gasteiger partial charge is 0.507 e. The van der Waals surface area contributed by atoms with E-state index in [9.17, 15) is 40.9 Å². The van der Waals surface area contributed by atoms with Crippen LogP contribution in [0.4, 0.5) is 19.2 Å². The molecule has 1 aliphatic carbocycles. The lowest BCUT2D eigenvalue weighted by molar-refractivity contribution is 0.0140. The zero-order valence-corrected chi connectivity index (χ0v) is 75.1. The van der Waals surface area contributed by atoms with Crippen LogP contribution in [-0.2, 0) is 45.1 Å². The molecule has 1 aliphatic rings. The maximum Gasteiger partial charge on any atom is 0.411 e. The number of hydrogen-bond acceptors (Lipinski definition) is 16. The molecule has 9 rings (SSSR count). The number of phenols is 8. The van der Waals surface area contributed by atoms with Gasteiger partial charge in [-0.1, -0.05) is 177 Å². The van der Waals surface area contributed by atoms with Crippen molar-refractivity contribution in [1.29, 1.82) is 0 Å². The lowest BCUT2D eigenvalue weighted by atomic mass is 9.73. The fraction of sp³-hybridized carbons (Fsp3) is 0.480. The molecule has 0 saturated carbocycles. The van der Waals surface area contributed by atoms with E-state index < -0.39 is 167 Å². The summed E-state index contributed by atoms with van der Waals surface area (Å²) in [5.41, 5.74) is -1.06. The standard InChI is InChI=1S/C100H132N4O16/c1-57(2)45-69-73-49-75(87(107)81(85(73)105)53-101(93(113)117-97(13,14)15)61(9)65-37-29-25-30-38-65)70(46-58(3)4)77-51-79(91(111)83(89(77)109)55-103(95(115)119-99(19,20)21)63(11)67-41-33-27-34-42-67)72(48-60(7)8)80-52-78(90(110)84(92(80)112)56-104(96(116)120-100(22,23)24)64(12)68-43-35-28-36-44-68)71(47-59(5)6)76-50-74(69)86(106)82(88(76)108)54-102(94(114)118-98(16,17)18)62(10)66-39-31-26-32-40-66/h25-44,49-52,57-64,69-72,105-112H,45-48,53-56H2,1-24H3/t61-,62-,63-,64-,69?,70?,71?,72?/m1/s1. The number of phenolic OH excluding ortho intramolecular Hbond substituents is 8. The summed E-state index contributed by atoms with van der Waals surface area (Å²) in [4.78, 5) is 67.1. The van der Waals surface area contributed by atoms with Gasteiger partial charge in [0.05, 0.1) is 72.6 Å². The quantitative estimate of drug-likeness (QED) is 0.0261. The summed E-state index contributed by atoms with van der Waals surface area (Å²) in [6, 6.07) is 40.5. The first-order chi connectivity index (χ1) is 56.0. The zero-order valence-electron chi connectivity index (χ0n) is 75.1. The van der Waals surface area contributed by atoms with Gasteiger partial charge in [0.2, 0.25) is 0 Å². The summed E-state index contributed by atoms with van der Waals surface area (Å²) >= 11 is 0. The average Bonchev–Trinajstić information content (AvgIpc) is 0.732. The average molecular weight is 1650 g/mol. The Morgan fingerprint density at radius 2 is 0.408 bits per heavy atom. The Hall–Kier alpha value is -10.8. The smallest absolute Gasteiger partial charge is 0.411 e. The predicted molar refractivity (Wildman–Crippen MR) is 471 cm³/mol. The molecule has 20 nitrogen and oxygen atoms in total. The van der Waals surface area contributed by atoms with Gasteiger partial charge >= 0.3 is 24.4 Å². The number of carbonyl (C=O) groups is 4. The van der Waals surface area contributed by atoms with E-state index in [4.69, 9.17) is 18.9 Å². The molecule has 0 unspecified atom stereocenters. The molecule has 648 valence electrons. The van der Waals surface area contributed by atoms with E-state index in [1.54, 1.807) is 107 Å². The summed E-state index contributed by atoms with van der Waals surface area (Å²) in [6.07, 6.45) is -2.73. The van der Waals surface area contributed by atoms with Crippen LogP contribution in [0.5, 0.6) is 46.0 Å². The Balaban J connectivity index is 1.58. The van der Waals surface area contributed by atoms with Gasteiger partial charge in [-0.2, -0.15) is 0 Å². The van der Waals surface area contributed by atoms with Crippen LogP contribution in [0.3, 0.4) is 0 Å². The summed E-state index contributed by atoms with van der Waals surface area (Å²) in [6.45, 7) is 41.9. The molecule has 8 aromatic carbocycles. The van der Waals surface area contributed by atoms with Gasteiger partial charge in [0.1, 0.15) is 68.4 Å². The summed E-state index contributed by atoms with van der Waals surface area (Å²) < 4.78 is 25.0. The van der Waals surface area contributed by atoms with E-state index in [-0.39, 0.29) is 116 Å². The number of benzene rings is 8. The van der Waals surface area contributed by atoms with Gasteiger partial charge < -0.3 is 59.8 Å². The molecule has 0 spiro atoms. The van der Waals surface area contributed by atoms with Gasteiger partial charge in [0, 0.05) is 68.2 Å². The fourth-order valence-corrected chi connectivity index (χ4v) is 16.4. The van der Waals surface area contributed by atoms with E-state index in [0.29, 0.717) is 22.3 Å². The maximum atomic E-state index is 15.3. The fourth-order valence-electron chi connectivity index (χ4n) is 16.4. The third-order valence-electron chi connectivity index (χ3n) is 22.4. The molecule has 20 heteroatoms. The van der Waals surface area contributed by atoms with Crippen molar-refractivity contribution in [3.63, 3.8) is 0 Å². The van der Waals surface area contributed by atoms with Crippen molar-refractivity contribution < 1.29 is 79.0 Å². The topological polar surface area (TPSA) is 280 Å². The van der Waals surface area contributed by atoms with E-state index in [2.05, 4.69) is 0 Å². The van der Waals surface area contributed by atoms with Crippen LogP contribution in [0.1, 0.15) is 329 Å². The van der Waals surface area contributed by atoms with Crippen molar-refractivity contribution >= 4 is 24.4 Å². The lowest BCUT2D eigenvalue weighted by Crippen LogP contribution is -2.38. The Bertz CT molecular complexity index is 4160. The second-order valence-electron chi connectivity index (χ2n) is 38.4. The minimum Gasteiger partial charge on any atom is -0.507 e. The Morgan fingerprint density at radius 3 is 0.533 bits per heavy atom. The highest BCUT2D eigenvalue weighted by atomic mass is 16.6. The van der Waals surface area contributed by atoms with Crippen molar-refractivity contribution in [2.45, 2.75) is 288 Å². The summed E-state index contributed by atoms with van der Waals surface area (Å²) in [5.74, 6) is -9.77. The highest BCUT2D eigenvalue weighted by molar-refractivity contribution is 5.75. The zero-order chi connectivity index (χ0) is 88.9. The molecule has 8 N–H and O–H groups in total. The number of aromatic hydroxyl groups is 8. The normalized spacial score (nSPS) is 16.2. The first-order valence-corrected chi connectivity index (χ1v) is 42.5. The summed E-state index contributed by atoms with van der Waals surface area (Å²) in [7, 11) is 0. The van der Waals surface area contributed by atoms with Crippen molar-refractivity contribution in [2.75, 3.05) is 0 Å². The number of fused-ring (bicyclic) bond motifs is 8. The molecule has 4 amide bonds. The van der Waals surface area contributed by atoms with Crippen LogP contribution in [0.25, 0.3) is 0 Å². The first-order valence-electron chi connectivity index (χ1n) is 42.5. The van der Waals surface area contributed by atoms with Crippen LogP contribution < -0.4 is 0 Å². The molecule has 0 aliphatic heterocycles. The van der Waals surface area contributed by atoms with Crippen LogP contribution in [-0.4, -0.2) is 107 Å². The number of hydrogen-bond donors (Lipinski definition) is 8. The Kier molecular flexibility index (Phi) is 29.4. The molecule has 0 fully saturated rings. The van der Waals surface area contributed by atoms with E-state index in [0.717, 1.165) is 0 Å². The van der Waals surface area contributed by atoms with E-state index >= 15 is 19.2 Å². The van der Waals surface area contributed by atoms with E-state index in [1.165, 1.54) is 19.6 Å². The van der Waals surface area contributed by atoms with Crippen molar-refractivity contribution in [3.05, 3.63) is 235 Å². The first kappa shape index (κ1) is 93.1. The number of amides is 4. The van der Waals surface area contributed by atoms with Crippen molar-refractivity contribution in [2.24, 2.45) is 23.7 Å². The molecule has 8 bridgehead atoms. The third-order valence-corrected chi connectivity index (χ3v) is 22.4. The minimum absolute atomic E-state index is 0.110. The molecular weight excluding hydrogens is 1510 g/mol. The van der Waals surface area contributed by atoms with Crippen LogP contribution in [0.2, 0.25) is 0 Å². The second kappa shape index (κ2) is 37.9. The maximum absolute atomic E-state index is 15.3. The highest BCUT2D eigenvalue weighted by Gasteiger charge is 2.43. The Labute approximate surface area is 711 Å². The SMILES string of the molecule is CC(C)CC1c2cc(c(O)c(CN(C(=O)OC(C)(C)C)[C@H](C)c3ccccc3)c2O)C(CC(C)C)c2cc(c(O)c(CN(C(=O)OC(C)(C)C)[C@H](C)c3ccccc3)c2O)C(CC(C)C)c2cc(c(O)c(CN(C(=O)OC(C)(C)C)[C@H](C)c3ccccc3)c2O)C(CC(C)C)c2cc1c(O)c(CN(C(=O)OC(C)(C)C)[C@H](C)c1ccccc1)c2O. The van der Waals surface area contributed by atoms with Gasteiger partial charge in [-0.25, -0.2) is 19.2 Å². The molecule has 4 atom stereocenters. The number of ether oxygens (including phenoxy) is 4. The monoisotopic (exact) mass is 1640 g/mol. The molecule has 0 aromatic heterocycles. The molecular formula is C100H132N4O16. The second-order valence-corrected chi connectivity index (χ2v) is 38.4. The molecule has 120 heavy (non-hydrogen) atoms. The number of rotatable bonds is 24.